The molecule has 1 aliphatic heterocycles. The number of benzene rings is 2. The number of anilines is 1. The number of amides is 1. The van der Waals surface area contributed by atoms with Crippen molar-refractivity contribution in [3.05, 3.63) is 64.8 Å². The second-order valence-electron chi connectivity index (χ2n) is 5.91. The number of hydrogen-bond acceptors (Lipinski definition) is 3. The van der Waals surface area contributed by atoms with Crippen LogP contribution in [0.25, 0.3) is 11.3 Å². The normalized spacial score (nSPS) is 12.1. The van der Waals surface area contributed by atoms with E-state index in [1.807, 2.05) is 56.3 Å². The van der Waals surface area contributed by atoms with Crippen LogP contribution < -0.4 is 10.1 Å². The van der Waals surface area contributed by atoms with Crippen molar-refractivity contribution in [2.75, 3.05) is 5.32 Å². The number of H-pyrrole nitrogens is 1. The van der Waals surface area contributed by atoms with E-state index in [4.69, 9.17) is 4.74 Å². The lowest BCUT2D eigenvalue weighted by atomic mass is 10.0. The topological polar surface area (TPSA) is 67.0 Å². The van der Waals surface area contributed by atoms with Gasteiger partial charge in [0.05, 0.1) is 0 Å². The number of aryl methyl sites for hydroxylation is 1. The number of aromatic nitrogens is 2. The molecule has 0 spiro atoms. The molecule has 3 aromatic rings. The number of carbonyl (C=O) groups is 1. The standard InChI is InChI=1S/C19H17N3O2/c1-11-6-5-8-15(12(11)2)20-19(23)18-14-10-24-16-9-4-3-7-13(16)17(14)21-22-18/h3-9H,10H2,1-2H3,(H,20,23)(H,21,22). The summed E-state index contributed by atoms with van der Waals surface area (Å²) in [7, 11) is 0. The Kier molecular flexibility index (Phi) is 3.34. The zero-order valence-corrected chi connectivity index (χ0v) is 13.5. The minimum Gasteiger partial charge on any atom is -0.488 e. The lowest BCUT2D eigenvalue weighted by molar-refractivity contribution is 0.101. The van der Waals surface area contributed by atoms with Crippen LogP contribution in [0.5, 0.6) is 5.75 Å². The first-order valence-corrected chi connectivity index (χ1v) is 7.82. The van der Waals surface area contributed by atoms with E-state index in [9.17, 15) is 4.79 Å². The van der Waals surface area contributed by atoms with Gasteiger partial charge in [-0.05, 0) is 43.2 Å². The van der Waals surface area contributed by atoms with Crippen LogP contribution in [-0.4, -0.2) is 16.1 Å². The molecule has 4 rings (SSSR count). The summed E-state index contributed by atoms with van der Waals surface area (Å²) in [6.07, 6.45) is 0. The molecule has 0 atom stereocenters. The molecule has 0 unspecified atom stereocenters. The van der Waals surface area contributed by atoms with Gasteiger partial charge in [0.15, 0.2) is 0 Å². The zero-order valence-electron chi connectivity index (χ0n) is 13.5. The Balaban J connectivity index is 1.68. The number of hydrogen-bond donors (Lipinski definition) is 2. The lowest BCUT2D eigenvalue weighted by Gasteiger charge is -2.17. The van der Waals surface area contributed by atoms with Gasteiger partial charge >= 0.3 is 0 Å². The van der Waals surface area contributed by atoms with E-state index in [-0.39, 0.29) is 5.91 Å². The smallest absolute Gasteiger partial charge is 0.274 e. The highest BCUT2D eigenvalue weighted by Crippen LogP contribution is 2.37. The monoisotopic (exact) mass is 319 g/mol. The van der Waals surface area contributed by atoms with Crippen LogP contribution >= 0.6 is 0 Å². The molecule has 1 aliphatic rings. The molecule has 0 fully saturated rings. The summed E-state index contributed by atoms with van der Waals surface area (Å²) in [5.41, 5.74) is 5.92. The summed E-state index contributed by atoms with van der Waals surface area (Å²) in [5, 5.41) is 10.2. The molecule has 24 heavy (non-hydrogen) atoms. The lowest BCUT2D eigenvalue weighted by Crippen LogP contribution is -2.17. The van der Waals surface area contributed by atoms with Crippen molar-refractivity contribution in [3.8, 4) is 17.0 Å². The Hall–Kier alpha value is -3.08. The highest BCUT2D eigenvalue weighted by molar-refractivity contribution is 6.05. The van der Waals surface area contributed by atoms with Crippen LogP contribution in [0.4, 0.5) is 5.69 Å². The van der Waals surface area contributed by atoms with E-state index in [1.54, 1.807) is 0 Å². The average Bonchev–Trinajstić information content (AvgIpc) is 3.03. The maximum atomic E-state index is 12.7. The molecular formula is C19H17N3O2. The van der Waals surface area contributed by atoms with E-state index in [0.717, 1.165) is 39.4 Å². The van der Waals surface area contributed by atoms with Crippen LogP contribution in [0.3, 0.4) is 0 Å². The number of aromatic amines is 1. The molecule has 5 nitrogen and oxygen atoms in total. The van der Waals surface area contributed by atoms with Gasteiger partial charge in [-0.25, -0.2) is 0 Å². The van der Waals surface area contributed by atoms with E-state index < -0.39 is 0 Å². The summed E-state index contributed by atoms with van der Waals surface area (Å²) in [5.74, 6) is 0.582. The number of ether oxygens (including phenoxy) is 1. The molecule has 120 valence electrons. The zero-order chi connectivity index (χ0) is 16.7. The molecule has 1 aromatic heterocycles. The molecule has 0 bridgehead atoms. The maximum Gasteiger partial charge on any atom is 0.274 e. The summed E-state index contributed by atoms with van der Waals surface area (Å²) < 4.78 is 5.75. The van der Waals surface area contributed by atoms with Gasteiger partial charge in [0, 0.05) is 16.8 Å². The van der Waals surface area contributed by atoms with Crippen molar-refractivity contribution in [3.63, 3.8) is 0 Å². The molecule has 2 aromatic carbocycles. The third-order valence-electron chi connectivity index (χ3n) is 4.46. The third kappa shape index (κ3) is 2.25. The molecular weight excluding hydrogens is 302 g/mol. The first kappa shape index (κ1) is 14.5. The highest BCUT2D eigenvalue weighted by Gasteiger charge is 2.26. The Morgan fingerprint density at radius 3 is 2.88 bits per heavy atom. The molecule has 5 heteroatoms. The molecule has 0 saturated carbocycles. The largest absolute Gasteiger partial charge is 0.488 e. The van der Waals surface area contributed by atoms with Gasteiger partial charge in [0.1, 0.15) is 23.7 Å². The molecule has 1 amide bonds. The summed E-state index contributed by atoms with van der Waals surface area (Å²) in [4.78, 5) is 12.7. The highest BCUT2D eigenvalue weighted by atomic mass is 16.5. The van der Waals surface area contributed by atoms with Crippen LogP contribution in [0, 0.1) is 13.8 Å². The predicted octanol–water partition coefficient (Wildman–Crippen LogP) is 3.84. The van der Waals surface area contributed by atoms with Gasteiger partial charge in [0.2, 0.25) is 0 Å². The van der Waals surface area contributed by atoms with E-state index in [0.29, 0.717) is 12.3 Å². The quantitative estimate of drug-likeness (QED) is 0.754. The molecule has 2 heterocycles. The Bertz CT molecular complexity index is 944. The number of carbonyl (C=O) groups excluding carboxylic acids is 1. The number of rotatable bonds is 2. The van der Waals surface area contributed by atoms with Crippen molar-refractivity contribution < 1.29 is 9.53 Å². The fourth-order valence-electron chi connectivity index (χ4n) is 2.93. The number of para-hydroxylation sites is 1. The van der Waals surface area contributed by atoms with Gasteiger partial charge in [-0.1, -0.05) is 24.3 Å². The molecule has 2 N–H and O–H groups in total. The molecule has 0 radical (unpaired) electrons. The number of nitrogens with one attached hydrogen (secondary N) is 2. The van der Waals surface area contributed by atoms with Gasteiger partial charge < -0.3 is 10.1 Å². The van der Waals surface area contributed by atoms with Crippen LogP contribution in [0.1, 0.15) is 27.2 Å². The summed E-state index contributed by atoms with van der Waals surface area (Å²) >= 11 is 0. The molecule has 0 aliphatic carbocycles. The minimum absolute atomic E-state index is 0.208. The predicted molar refractivity (Wildman–Crippen MR) is 92.2 cm³/mol. The van der Waals surface area contributed by atoms with Crippen molar-refractivity contribution >= 4 is 11.6 Å². The summed E-state index contributed by atoms with van der Waals surface area (Å²) in [6.45, 7) is 4.35. The van der Waals surface area contributed by atoms with Crippen molar-refractivity contribution in [2.24, 2.45) is 0 Å². The average molecular weight is 319 g/mol. The Labute approximate surface area is 139 Å². The Morgan fingerprint density at radius 2 is 2.00 bits per heavy atom. The number of fused-ring (bicyclic) bond motifs is 3. The van der Waals surface area contributed by atoms with Crippen LogP contribution in [0.2, 0.25) is 0 Å². The second-order valence-corrected chi connectivity index (χ2v) is 5.91. The minimum atomic E-state index is -0.208. The maximum absolute atomic E-state index is 12.7. The SMILES string of the molecule is Cc1cccc(NC(=O)c2[nH]nc3c2COc2ccccc2-3)c1C. The van der Waals surface area contributed by atoms with E-state index in [2.05, 4.69) is 15.5 Å². The van der Waals surface area contributed by atoms with Crippen molar-refractivity contribution in [1.29, 1.82) is 0 Å². The second kappa shape index (κ2) is 5.53. The van der Waals surface area contributed by atoms with Crippen molar-refractivity contribution in [2.45, 2.75) is 20.5 Å². The van der Waals surface area contributed by atoms with Crippen molar-refractivity contribution in [1.82, 2.24) is 10.2 Å². The van der Waals surface area contributed by atoms with Gasteiger partial charge in [-0.15, -0.1) is 0 Å². The fourth-order valence-corrected chi connectivity index (χ4v) is 2.93. The fraction of sp³-hybridized carbons (Fsp3) is 0.158. The molecule has 0 saturated heterocycles. The Morgan fingerprint density at radius 1 is 1.17 bits per heavy atom. The summed E-state index contributed by atoms with van der Waals surface area (Å²) in [6, 6.07) is 13.6. The van der Waals surface area contributed by atoms with Gasteiger partial charge in [-0.2, -0.15) is 5.10 Å². The number of nitrogens with zero attached hydrogens (tertiary/aromatic N) is 1. The third-order valence-corrected chi connectivity index (χ3v) is 4.46. The first-order chi connectivity index (χ1) is 11.6. The first-order valence-electron chi connectivity index (χ1n) is 7.82. The van der Waals surface area contributed by atoms with Gasteiger partial charge in [0.25, 0.3) is 5.91 Å². The van der Waals surface area contributed by atoms with E-state index >= 15 is 0 Å². The van der Waals surface area contributed by atoms with Gasteiger partial charge in [-0.3, -0.25) is 9.89 Å². The van der Waals surface area contributed by atoms with Crippen LogP contribution in [-0.2, 0) is 6.61 Å². The van der Waals surface area contributed by atoms with Crippen LogP contribution in [0.15, 0.2) is 42.5 Å². The van der Waals surface area contributed by atoms with E-state index in [1.165, 1.54) is 0 Å².